The summed E-state index contributed by atoms with van der Waals surface area (Å²) in [5.41, 5.74) is 0.605. The Morgan fingerprint density at radius 1 is 1.50 bits per heavy atom. The van der Waals surface area contributed by atoms with Crippen LogP contribution in [0.2, 0.25) is 0 Å². The Labute approximate surface area is 110 Å². The highest BCUT2D eigenvalue weighted by molar-refractivity contribution is 7.11. The topological polar surface area (TPSA) is 61.6 Å². The van der Waals surface area contributed by atoms with Crippen LogP contribution in [0.5, 0.6) is 0 Å². The van der Waals surface area contributed by atoms with Gasteiger partial charge in [-0.15, -0.1) is 11.3 Å². The van der Waals surface area contributed by atoms with Crippen molar-refractivity contribution in [3.05, 3.63) is 40.0 Å². The van der Waals surface area contributed by atoms with E-state index in [2.05, 4.69) is 28.3 Å². The third kappa shape index (κ3) is 2.84. The molecule has 2 heterocycles. The van der Waals surface area contributed by atoms with Crippen molar-refractivity contribution in [1.29, 1.82) is 5.26 Å². The molecule has 0 aliphatic carbocycles. The number of thiazole rings is 1. The molecule has 0 radical (unpaired) electrons. The first-order chi connectivity index (χ1) is 8.72. The molecular weight excluding hydrogens is 244 g/mol. The molecule has 18 heavy (non-hydrogen) atoms. The van der Waals surface area contributed by atoms with Crippen molar-refractivity contribution in [3.63, 3.8) is 0 Å². The first kappa shape index (κ1) is 12.5. The number of nitrogens with zero attached hydrogens (tertiary/aromatic N) is 3. The SMILES string of the molecule is CCc1cnc(C(C)Nc2cc(C#N)ccn2)s1. The Hall–Kier alpha value is -1.93. The number of nitriles is 1. The Balaban J connectivity index is 2.11. The summed E-state index contributed by atoms with van der Waals surface area (Å²) in [5.74, 6) is 0.704. The molecule has 0 aliphatic rings. The fourth-order valence-corrected chi connectivity index (χ4v) is 2.41. The van der Waals surface area contributed by atoms with Gasteiger partial charge in [-0.25, -0.2) is 9.97 Å². The monoisotopic (exact) mass is 258 g/mol. The molecule has 1 unspecified atom stereocenters. The highest BCUT2D eigenvalue weighted by Crippen LogP contribution is 2.23. The van der Waals surface area contributed by atoms with E-state index >= 15 is 0 Å². The summed E-state index contributed by atoms with van der Waals surface area (Å²) in [4.78, 5) is 9.86. The largest absolute Gasteiger partial charge is 0.361 e. The fourth-order valence-electron chi connectivity index (χ4n) is 1.55. The molecule has 0 saturated heterocycles. The molecule has 5 heteroatoms. The van der Waals surface area contributed by atoms with Crippen LogP contribution in [-0.2, 0) is 6.42 Å². The summed E-state index contributed by atoms with van der Waals surface area (Å²) in [7, 11) is 0. The van der Waals surface area contributed by atoms with Crippen LogP contribution in [0.3, 0.4) is 0 Å². The van der Waals surface area contributed by atoms with Crippen LogP contribution in [0.15, 0.2) is 24.5 Å². The van der Waals surface area contributed by atoms with E-state index in [-0.39, 0.29) is 6.04 Å². The van der Waals surface area contributed by atoms with Crippen LogP contribution < -0.4 is 5.32 Å². The molecule has 0 saturated carbocycles. The zero-order valence-corrected chi connectivity index (χ0v) is 11.2. The van der Waals surface area contributed by atoms with E-state index in [1.54, 1.807) is 29.7 Å². The predicted molar refractivity (Wildman–Crippen MR) is 72.5 cm³/mol. The summed E-state index contributed by atoms with van der Waals surface area (Å²) < 4.78 is 0. The van der Waals surface area contributed by atoms with Crippen molar-refractivity contribution in [3.8, 4) is 6.07 Å². The average molecular weight is 258 g/mol. The van der Waals surface area contributed by atoms with Crippen LogP contribution in [0.4, 0.5) is 5.82 Å². The van der Waals surface area contributed by atoms with Gasteiger partial charge in [0.15, 0.2) is 0 Å². The Morgan fingerprint density at radius 3 is 3.00 bits per heavy atom. The lowest BCUT2D eigenvalue weighted by atomic mass is 10.3. The highest BCUT2D eigenvalue weighted by Gasteiger charge is 2.10. The molecule has 92 valence electrons. The van der Waals surface area contributed by atoms with E-state index in [1.165, 1.54) is 4.88 Å². The van der Waals surface area contributed by atoms with E-state index in [0.717, 1.165) is 11.4 Å². The van der Waals surface area contributed by atoms with Gasteiger partial charge in [0.05, 0.1) is 17.7 Å². The maximum Gasteiger partial charge on any atom is 0.127 e. The van der Waals surface area contributed by atoms with Crippen LogP contribution in [0, 0.1) is 11.3 Å². The molecule has 2 aromatic heterocycles. The van der Waals surface area contributed by atoms with Gasteiger partial charge in [-0.3, -0.25) is 0 Å². The van der Waals surface area contributed by atoms with Crippen molar-refractivity contribution in [1.82, 2.24) is 9.97 Å². The van der Waals surface area contributed by atoms with Gasteiger partial charge in [0.1, 0.15) is 10.8 Å². The number of pyridine rings is 1. The first-order valence-electron chi connectivity index (χ1n) is 5.80. The molecule has 1 N–H and O–H groups in total. The molecule has 4 nitrogen and oxygen atoms in total. The smallest absolute Gasteiger partial charge is 0.127 e. The van der Waals surface area contributed by atoms with Gasteiger partial charge in [0.2, 0.25) is 0 Å². The molecule has 0 spiro atoms. The minimum absolute atomic E-state index is 0.0942. The van der Waals surface area contributed by atoms with Crippen molar-refractivity contribution >= 4 is 17.2 Å². The maximum absolute atomic E-state index is 8.83. The first-order valence-corrected chi connectivity index (χ1v) is 6.62. The number of anilines is 1. The van der Waals surface area contributed by atoms with Crippen LogP contribution >= 0.6 is 11.3 Å². The lowest BCUT2D eigenvalue weighted by molar-refractivity contribution is 0.860. The van der Waals surface area contributed by atoms with Crippen molar-refractivity contribution in [2.24, 2.45) is 0 Å². The second-order valence-corrected chi connectivity index (χ2v) is 5.07. The normalized spacial score (nSPS) is 11.8. The van der Waals surface area contributed by atoms with Gasteiger partial charge < -0.3 is 5.32 Å². The Morgan fingerprint density at radius 2 is 2.33 bits per heavy atom. The van der Waals surface area contributed by atoms with Crippen molar-refractivity contribution in [2.75, 3.05) is 5.32 Å². The molecule has 0 fully saturated rings. The summed E-state index contributed by atoms with van der Waals surface area (Å²) in [6.45, 7) is 4.16. The van der Waals surface area contributed by atoms with E-state index in [1.807, 2.05) is 13.1 Å². The van der Waals surface area contributed by atoms with E-state index in [0.29, 0.717) is 11.4 Å². The zero-order valence-electron chi connectivity index (χ0n) is 10.3. The average Bonchev–Trinajstić information content (AvgIpc) is 2.88. The van der Waals surface area contributed by atoms with Gasteiger partial charge in [0, 0.05) is 17.3 Å². The molecule has 0 aromatic carbocycles. The van der Waals surface area contributed by atoms with Crippen LogP contribution in [0.25, 0.3) is 0 Å². The third-order valence-corrected chi connectivity index (χ3v) is 3.87. The summed E-state index contributed by atoms with van der Waals surface area (Å²) in [5, 5.41) is 13.1. The molecule has 2 rings (SSSR count). The molecule has 1 atom stereocenters. The number of hydrogen-bond acceptors (Lipinski definition) is 5. The minimum atomic E-state index is 0.0942. The summed E-state index contributed by atoms with van der Waals surface area (Å²) in [6, 6.07) is 5.62. The van der Waals surface area contributed by atoms with Gasteiger partial charge in [-0.2, -0.15) is 5.26 Å². The summed E-state index contributed by atoms with van der Waals surface area (Å²) in [6.07, 6.45) is 4.55. The molecule has 0 amide bonds. The zero-order chi connectivity index (χ0) is 13.0. The molecule has 0 bridgehead atoms. The minimum Gasteiger partial charge on any atom is -0.361 e. The lowest BCUT2D eigenvalue weighted by Gasteiger charge is -2.11. The van der Waals surface area contributed by atoms with Gasteiger partial charge in [-0.1, -0.05) is 6.92 Å². The number of aryl methyl sites for hydroxylation is 1. The summed E-state index contributed by atoms with van der Waals surface area (Å²) >= 11 is 1.70. The van der Waals surface area contributed by atoms with E-state index < -0.39 is 0 Å². The Kier molecular flexibility index (Phi) is 3.90. The predicted octanol–water partition coefficient (Wildman–Crippen LogP) is 3.15. The number of hydrogen-bond donors (Lipinski definition) is 1. The second kappa shape index (κ2) is 5.61. The fraction of sp³-hybridized carbons (Fsp3) is 0.308. The quantitative estimate of drug-likeness (QED) is 0.915. The standard InChI is InChI=1S/C13H14N4S/c1-3-11-8-16-13(18-11)9(2)17-12-6-10(7-14)4-5-15-12/h4-6,8-9H,3H2,1-2H3,(H,15,17). The molecular formula is C13H14N4S. The highest BCUT2D eigenvalue weighted by atomic mass is 32.1. The second-order valence-electron chi connectivity index (χ2n) is 3.93. The lowest BCUT2D eigenvalue weighted by Crippen LogP contribution is -2.07. The van der Waals surface area contributed by atoms with Crippen LogP contribution in [0.1, 0.15) is 35.3 Å². The van der Waals surface area contributed by atoms with Gasteiger partial charge >= 0.3 is 0 Å². The number of aromatic nitrogens is 2. The molecule has 0 aliphatic heterocycles. The van der Waals surface area contributed by atoms with Gasteiger partial charge in [0.25, 0.3) is 0 Å². The van der Waals surface area contributed by atoms with Crippen LogP contribution in [-0.4, -0.2) is 9.97 Å². The maximum atomic E-state index is 8.83. The van der Waals surface area contributed by atoms with Crippen molar-refractivity contribution < 1.29 is 0 Å². The Bertz CT molecular complexity index is 570. The van der Waals surface area contributed by atoms with Gasteiger partial charge in [-0.05, 0) is 25.5 Å². The van der Waals surface area contributed by atoms with Crippen molar-refractivity contribution in [2.45, 2.75) is 26.3 Å². The third-order valence-electron chi connectivity index (χ3n) is 2.54. The van der Waals surface area contributed by atoms with E-state index in [9.17, 15) is 0 Å². The molecule has 2 aromatic rings. The number of rotatable bonds is 4. The number of nitrogens with one attached hydrogen (secondary N) is 1. The van der Waals surface area contributed by atoms with E-state index in [4.69, 9.17) is 5.26 Å².